The quantitative estimate of drug-likeness (QED) is 0.854. The van der Waals surface area contributed by atoms with Gasteiger partial charge in [0, 0.05) is 12.3 Å². The highest BCUT2D eigenvalue weighted by molar-refractivity contribution is 6.02. The fourth-order valence-electron chi connectivity index (χ4n) is 1.44. The van der Waals surface area contributed by atoms with E-state index in [1.54, 1.807) is 12.1 Å². The van der Waals surface area contributed by atoms with Gasteiger partial charge in [0.05, 0.1) is 12.7 Å². The van der Waals surface area contributed by atoms with Gasteiger partial charge in [-0.1, -0.05) is 0 Å². The van der Waals surface area contributed by atoms with Gasteiger partial charge < -0.3 is 9.88 Å². The van der Waals surface area contributed by atoms with E-state index >= 15 is 0 Å². The van der Waals surface area contributed by atoms with E-state index in [1.165, 1.54) is 23.0 Å². The Morgan fingerprint density at radius 1 is 1.53 bits per heavy atom. The Bertz CT molecular complexity index is 492. The highest BCUT2D eigenvalue weighted by Gasteiger charge is 2.14. The summed E-state index contributed by atoms with van der Waals surface area (Å²) in [6.07, 6.45) is 0.420. The third-order valence-corrected chi connectivity index (χ3v) is 2.15. The highest BCUT2D eigenvalue weighted by atomic mass is 19.3. The van der Waals surface area contributed by atoms with Crippen molar-refractivity contribution in [3.63, 3.8) is 0 Å². The lowest BCUT2D eigenvalue weighted by Gasteiger charge is -2.07. The lowest BCUT2D eigenvalue weighted by Crippen LogP contribution is -2.19. The van der Waals surface area contributed by atoms with Crippen molar-refractivity contribution in [2.24, 2.45) is 0 Å². The van der Waals surface area contributed by atoms with Crippen LogP contribution in [-0.2, 0) is 6.54 Å². The molecule has 0 atom stereocenters. The number of carbonyl (C=O) groups is 1. The molecule has 0 fully saturated rings. The number of nitrogens with zero attached hydrogens (tertiary/aromatic N) is 2. The Morgan fingerprint density at radius 2 is 2.35 bits per heavy atom. The predicted molar refractivity (Wildman–Crippen MR) is 57.0 cm³/mol. The van der Waals surface area contributed by atoms with Gasteiger partial charge in [-0.05, 0) is 12.1 Å². The molecular formula is C10H10F2N4O. The molecule has 0 aliphatic heterocycles. The fraction of sp³-hybridized carbons (Fsp3) is 0.200. The van der Waals surface area contributed by atoms with Crippen LogP contribution in [0.3, 0.4) is 0 Å². The Balaban J connectivity index is 2.11. The molecule has 90 valence electrons. The van der Waals surface area contributed by atoms with E-state index in [0.29, 0.717) is 5.82 Å². The maximum atomic E-state index is 12.3. The molecule has 17 heavy (non-hydrogen) atoms. The Hall–Kier alpha value is -2.18. The van der Waals surface area contributed by atoms with Gasteiger partial charge in [-0.25, -0.2) is 8.78 Å². The molecule has 5 nitrogen and oxygen atoms in total. The maximum absolute atomic E-state index is 12.3. The molecule has 0 saturated heterocycles. The SMILES string of the molecule is O=C(Nc1ccn[nH]1)c1cccn1CC(F)F. The molecule has 1 amide bonds. The average Bonchev–Trinajstić information content (AvgIpc) is 2.87. The Labute approximate surface area is 95.4 Å². The van der Waals surface area contributed by atoms with Gasteiger partial charge in [-0.3, -0.25) is 9.89 Å². The first kappa shape index (κ1) is 11.3. The van der Waals surface area contributed by atoms with Crippen LogP contribution in [0.5, 0.6) is 0 Å². The number of aromatic nitrogens is 3. The second-order valence-electron chi connectivity index (χ2n) is 3.36. The molecule has 2 aromatic heterocycles. The van der Waals surface area contributed by atoms with Crippen LogP contribution in [-0.4, -0.2) is 27.1 Å². The first-order valence-electron chi connectivity index (χ1n) is 4.91. The van der Waals surface area contributed by atoms with Gasteiger partial charge in [0.1, 0.15) is 11.5 Å². The number of hydrogen-bond donors (Lipinski definition) is 2. The minimum atomic E-state index is -2.50. The third kappa shape index (κ3) is 2.68. The van der Waals surface area contributed by atoms with Crippen molar-refractivity contribution in [2.75, 3.05) is 5.32 Å². The average molecular weight is 240 g/mol. The van der Waals surface area contributed by atoms with E-state index in [-0.39, 0.29) is 5.69 Å². The second kappa shape index (κ2) is 4.77. The van der Waals surface area contributed by atoms with Crippen molar-refractivity contribution in [2.45, 2.75) is 13.0 Å². The summed E-state index contributed by atoms with van der Waals surface area (Å²) in [7, 11) is 0. The molecule has 0 aromatic carbocycles. The van der Waals surface area contributed by atoms with E-state index in [2.05, 4.69) is 15.5 Å². The molecule has 2 rings (SSSR count). The van der Waals surface area contributed by atoms with E-state index < -0.39 is 18.9 Å². The second-order valence-corrected chi connectivity index (χ2v) is 3.36. The summed E-state index contributed by atoms with van der Waals surface area (Å²) < 4.78 is 25.7. The van der Waals surface area contributed by atoms with E-state index in [9.17, 15) is 13.6 Å². The summed E-state index contributed by atoms with van der Waals surface area (Å²) in [4.78, 5) is 11.8. The van der Waals surface area contributed by atoms with Crippen LogP contribution in [0.1, 0.15) is 10.5 Å². The van der Waals surface area contributed by atoms with Gasteiger partial charge in [0.25, 0.3) is 12.3 Å². The van der Waals surface area contributed by atoms with Crippen molar-refractivity contribution < 1.29 is 13.6 Å². The molecule has 2 aromatic rings. The standard InChI is InChI=1S/C10H10F2N4O/c11-8(12)6-16-5-1-2-7(16)10(17)14-9-3-4-13-15-9/h1-5,8H,6H2,(H2,13,14,15,17). The van der Waals surface area contributed by atoms with Gasteiger partial charge in [0.15, 0.2) is 0 Å². The van der Waals surface area contributed by atoms with Crippen LogP contribution in [0, 0.1) is 0 Å². The molecule has 2 heterocycles. The fourth-order valence-corrected chi connectivity index (χ4v) is 1.44. The third-order valence-electron chi connectivity index (χ3n) is 2.15. The van der Waals surface area contributed by atoms with Crippen molar-refractivity contribution in [1.82, 2.24) is 14.8 Å². The van der Waals surface area contributed by atoms with Crippen molar-refractivity contribution >= 4 is 11.7 Å². The Morgan fingerprint density at radius 3 is 3.00 bits per heavy atom. The first-order chi connectivity index (χ1) is 8.16. The molecule has 0 bridgehead atoms. The molecular weight excluding hydrogens is 230 g/mol. The van der Waals surface area contributed by atoms with E-state index in [1.807, 2.05) is 0 Å². The molecule has 0 spiro atoms. The number of halogens is 2. The van der Waals surface area contributed by atoms with Crippen LogP contribution in [0.2, 0.25) is 0 Å². The lowest BCUT2D eigenvalue weighted by molar-refractivity contribution is 0.0997. The van der Waals surface area contributed by atoms with Crippen LogP contribution in [0.25, 0.3) is 0 Å². The summed E-state index contributed by atoms with van der Waals surface area (Å²) in [5, 5.41) is 8.73. The van der Waals surface area contributed by atoms with Gasteiger partial charge in [-0.15, -0.1) is 0 Å². The van der Waals surface area contributed by atoms with Crippen molar-refractivity contribution in [1.29, 1.82) is 0 Å². The van der Waals surface area contributed by atoms with Crippen molar-refractivity contribution in [3.05, 3.63) is 36.3 Å². The molecule has 0 aliphatic rings. The first-order valence-corrected chi connectivity index (χ1v) is 4.91. The number of nitrogens with one attached hydrogen (secondary N) is 2. The monoisotopic (exact) mass is 240 g/mol. The molecule has 0 radical (unpaired) electrons. The number of aromatic amines is 1. The highest BCUT2D eigenvalue weighted by Crippen LogP contribution is 2.09. The molecule has 0 aliphatic carbocycles. The predicted octanol–water partition coefficient (Wildman–Crippen LogP) is 1.73. The molecule has 0 saturated carbocycles. The smallest absolute Gasteiger partial charge is 0.273 e. The summed E-state index contributed by atoms with van der Waals surface area (Å²) in [6, 6.07) is 4.59. The minimum Gasteiger partial charge on any atom is -0.338 e. The van der Waals surface area contributed by atoms with Crippen molar-refractivity contribution in [3.8, 4) is 0 Å². The topological polar surface area (TPSA) is 62.7 Å². The minimum absolute atomic E-state index is 0.180. The summed E-state index contributed by atoms with van der Waals surface area (Å²) >= 11 is 0. The van der Waals surface area contributed by atoms with E-state index in [0.717, 1.165) is 0 Å². The zero-order valence-electron chi connectivity index (χ0n) is 8.73. The number of alkyl halides is 2. The van der Waals surface area contributed by atoms with E-state index in [4.69, 9.17) is 0 Å². The maximum Gasteiger partial charge on any atom is 0.273 e. The number of H-pyrrole nitrogens is 1. The Kier molecular flexibility index (Phi) is 3.17. The number of rotatable bonds is 4. The largest absolute Gasteiger partial charge is 0.338 e. The number of amides is 1. The molecule has 2 N–H and O–H groups in total. The summed E-state index contributed by atoms with van der Waals surface area (Å²) in [5.41, 5.74) is 0.180. The van der Waals surface area contributed by atoms with Gasteiger partial charge >= 0.3 is 0 Å². The van der Waals surface area contributed by atoms with Crippen LogP contribution < -0.4 is 5.32 Å². The van der Waals surface area contributed by atoms with Gasteiger partial charge in [0.2, 0.25) is 0 Å². The summed E-state index contributed by atoms with van der Waals surface area (Å²) in [5.74, 6) is -0.0419. The molecule has 0 unspecified atom stereocenters. The van der Waals surface area contributed by atoms with Crippen LogP contribution >= 0.6 is 0 Å². The number of carbonyl (C=O) groups excluding carboxylic acids is 1. The van der Waals surface area contributed by atoms with Gasteiger partial charge in [-0.2, -0.15) is 5.10 Å². The zero-order chi connectivity index (χ0) is 12.3. The number of anilines is 1. The number of hydrogen-bond acceptors (Lipinski definition) is 2. The summed E-state index contributed by atoms with van der Waals surface area (Å²) in [6.45, 7) is -0.501. The van der Waals surface area contributed by atoms with Crippen LogP contribution in [0.15, 0.2) is 30.6 Å². The lowest BCUT2D eigenvalue weighted by atomic mass is 10.4. The zero-order valence-corrected chi connectivity index (χ0v) is 8.73. The normalized spacial score (nSPS) is 10.8. The molecule has 7 heteroatoms. The van der Waals surface area contributed by atoms with Crippen LogP contribution in [0.4, 0.5) is 14.6 Å².